The van der Waals surface area contributed by atoms with E-state index in [2.05, 4.69) is 15.0 Å². The van der Waals surface area contributed by atoms with Gasteiger partial charge in [0.1, 0.15) is 5.82 Å². The average Bonchev–Trinajstić information content (AvgIpc) is 3.10. The van der Waals surface area contributed by atoms with Crippen molar-refractivity contribution in [3.8, 4) is 0 Å². The molecule has 0 spiro atoms. The van der Waals surface area contributed by atoms with Crippen LogP contribution in [0.1, 0.15) is 17.7 Å². The van der Waals surface area contributed by atoms with Crippen LogP contribution in [0.15, 0.2) is 58.8 Å². The van der Waals surface area contributed by atoms with Crippen LogP contribution in [0.4, 0.5) is 15.2 Å². The normalized spacial score (nSPS) is 11.2. The number of thiazole rings is 1. The van der Waals surface area contributed by atoms with Crippen LogP contribution in [-0.4, -0.2) is 19.3 Å². The summed E-state index contributed by atoms with van der Waals surface area (Å²) in [6.45, 7) is 1.65. The van der Waals surface area contributed by atoms with Crippen molar-refractivity contribution in [2.75, 3.05) is 10.0 Å². The second-order valence-corrected chi connectivity index (χ2v) is 8.62. The fraction of sp³-hybridized carbons (Fsp3) is 0.158. The fourth-order valence-electron chi connectivity index (χ4n) is 2.38. The molecule has 0 aliphatic carbocycles. The fourth-order valence-corrected chi connectivity index (χ4v) is 4.40. The largest absolute Gasteiger partial charge is 0.326 e. The van der Waals surface area contributed by atoms with Gasteiger partial charge in [0.05, 0.1) is 10.6 Å². The SMILES string of the molecule is Cc1ccc(NC(=O)CCc2csc(NS(=O)(=O)c3ccccc3)n2)cc1F. The monoisotopic (exact) mass is 419 g/mol. The molecule has 0 saturated heterocycles. The van der Waals surface area contributed by atoms with Gasteiger partial charge in [0.15, 0.2) is 5.13 Å². The number of amides is 1. The lowest BCUT2D eigenvalue weighted by Crippen LogP contribution is -2.13. The number of hydrogen-bond donors (Lipinski definition) is 2. The van der Waals surface area contributed by atoms with E-state index in [4.69, 9.17) is 0 Å². The number of rotatable bonds is 7. The van der Waals surface area contributed by atoms with Gasteiger partial charge in [-0.2, -0.15) is 0 Å². The number of anilines is 2. The molecule has 0 atom stereocenters. The predicted octanol–water partition coefficient (Wildman–Crippen LogP) is 3.96. The van der Waals surface area contributed by atoms with Gasteiger partial charge in [-0.1, -0.05) is 24.3 Å². The lowest BCUT2D eigenvalue weighted by atomic mass is 10.2. The summed E-state index contributed by atoms with van der Waals surface area (Å²) in [6.07, 6.45) is 0.480. The number of benzene rings is 2. The molecule has 1 amide bonds. The van der Waals surface area contributed by atoms with E-state index in [1.807, 2.05) is 0 Å². The molecule has 2 N–H and O–H groups in total. The summed E-state index contributed by atoms with van der Waals surface area (Å²) in [4.78, 5) is 16.4. The van der Waals surface area contributed by atoms with Crippen LogP contribution in [0.25, 0.3) is 0 Å². The lowest BCUT2D eigenvalue weighted by molar-refractivity contribution is -0.116. The number of carbonyl (C=O) groups excluding carboxylic acids is 1. The van der Waals surface area contributed by atoms with E-state index in [-0.39, 0.29) is 28.2 Å². The zero-order valence-corrected chi connectivity index (χ0v) is 16.6. The first-order valence-electron chi connectivity index (χ1n) is 8.42. The Morgan fingerprint density at radius 3 is 2.64 bits per heavy atom. The van der Waals surface area contributed by atoms with E-state index in [9.17, 15) is 17.6 Å². The highest BCUT2D eigenvalue weighted by Crippen LogP contribution is 2.21. The average molecular weight is 420 g/mol. The summed E-state index contributed by atoms with van der Waals surface area (Å²) in [5.41, 5.74) is 1.50. The van der Waals surface area contributed by atoms with E-state index in [1.54, 1.807) is 42.6 Å². The minimum absolute atomic E-state index is 0.143. The van der Waals surface area contributed by atoms with Crippen LogP contribution in [0.2, 0.25) is 0 Å². The summed E-state index contributed by atoms with van der Waals surface area (Å²) in [7, 11) is -3.70. The van der Waals surface area contributed by atoms with Crippen LogP contribution >= 0.6 is 11.3 Å². The predicted molar refractivity (Wildman–Crippen MR) is 107 cm³/mol. The Kier molecular flexibility index (Phi) is 6.05. The van der Waals surface area contributed by atoms with Crippen LogP contribution < -0.4 is 10.0 Å². The number of aromatic nitrogens is 1. The minimum atomic E-state index is -3.70. The summed E-state index contributed by atoms with van der Waals surface area (Å²) in [5, 5.41) is 4.56. The molecule has 146 valence electrons. The third-order valence-corrected chi connectivity index (χ3v) is 6.18. The Hall–Kier alpha value is -2.78. The maximum atomic E-state index is 13.5. The number of aryl methyl sites for hydroxylation is 2. The molecule has 0 saturated carbocycles. The van der Waals surface area contributed by atoms with Crippen molar-refractivity contribution in [3.63, 3.8) is 0 Å². The van der Waals surface area contributed by atoms with Crippen molar-refractivity contribution in [3.05, 3.63) is 71.0 Å². The van der Waals surface area contributed by atoms with Gasteiger partial charge in [0.2, 0.25) is 5.91 Å². The second-order valence-electron chi connectivity index (χ2n) is 6.07. The Bertz CT molecular complexity index is 1080. The summed E-state index contributed by atoms with van der Waals surface area (Å²) in [5.74, 6) is -0.657. The minimum Gasteiger partial charge on any atom is -0.326 e. The van der Waals surface area contributed by atoms with Gasteiger partial charge in [0.25, 0.3) is 10.0 Å². The van der Waals surface area contributed by atoms with Crippen molar-refractivity contribution in [1.29, 1.82) is 0 Å². The number of nitrogens with zero attached hydrogens (tertiary/aromatic N) is 1. The van der Waals surface area contributed by atoms with Crippen molar-refractivity contribution < 1.29 is 17.6 Å². The van der Waals surface area contributed by atoms with Gasteiger partial charge >= 0.3 is 0 Å². The molecule has 6 nitrogen and oxygen atoms in total. The Morgan fingerprint density at radius 2 is 1.93 bits per heavy atom. The first-order chi connectivity index (χ1) is 13.3. The summed E-state index contributed by atoms with van der Waals surface area (Å²) in [6, 6.07) is 12.5. The van der Waals surface area contributed by atoms with E-state index >= 15 is 0 Å². The smallest absolute Gasteiger partial charge is 0.263 e. The number of hydrogen-bond acceptors (Lipinski definition) is 5. The lowest BCUT2D eigenvalue weighted by Gasteiger charge is -2.06. The van der Waals surface area contributed by atoms with Crippen LogP contribution in [0.5, 0.6) is 0 Å². The molecular weight excluding hydrogens is 401 g/mol. The maximum absolute atomic E-state index is 13.5. The molecule has 28 heavy (non-hydrogen) atoms. The molecule has 1 heterocycles. The first-order valence-corrected chi connectivity index (χ1v) is 10.8. The van der Waals surface area contributed by atoms with E-state index in [0.717, 1.165) is 11.3 Å². The van der Waals surface area contributed by atoms with Gasteiger partial charge in [-0.25, -0.2) is 17.8 Å². The maximum Gasteiger partial charge on any atom is 0.263 e. The zero-order chi connectivity index (χ0) is 20.1. The topological polar surface area (TPSA) is 88.2 Å². The third kappa shape index (κ3) is 5.14. The Labute approximate surface area is 166 Å². The van der Waals surface area contributed by atoms with Crippen molar-refractivity contribution in [2.45, 2.75) is 24.7 Å². The van der Waals surface area contributed by atoms with Crippen LogP contribution in [0, 0.1) is 12.7 Å². The molecule has 0 fully saturated rings. The van der Waals surface area contributed by atoms with Gasteiger partial charge in [-0.15, -0.1) is 11.3 Å². The van der Waals surface area contributed by atoms with Crippen LogP contribution in [0.3, 0.4) is 0 Å². The molecule has 3 rings (SSSR count). The number of sulfonamides is 1. The van der Waals surface area contributed by atoms with Crippen LogP contribution in [-0.2, 0) is 21.2 Å². The number of halogens is 1. The van der Waals surface area contributed by atoms with Gasteiger partial charge in [0, 0.05) is 17.5 Å². The van der Waals surface area contributed by atoms with Crippen molar-refractivity contribution in [2.24, 2.45) is 0 Å². The molecule has 9 heteroatoms. The van der Waals surface area contributed by atoms with Gasteiger partial charge < -0.3 is 5.32 Å². The summed E-state index contributed by atoms with van der Waals surface area (Å²) < 4.78 is 40.5. The zero-order valence-electron chi connectivity index (χ0n) is 15.0. The van der Waals surface area contributed by atoms with E-state index in [1.165, 1.54) is 18.2 Å². The van der Waals surface area contributed by atoms with Gasteiger partial charge in [-0.05, 0) is 43.2 Å². The number of nitrogens with one attached hydrogen (secondary N) is 2. The second kappa shape index (κ2) is 8.49. The highest BCUT2D eigenvalue weighted by atomic mass is 32.2. The third-order valence-electron chi connectivity index (χ3n) is 3.89. The quantitative estimate of drug-likeness (QED) is 0.607. The first kappa shape index (κ1) is 20.0. The Balaban J connectivity index is 1.56. The van der Waals surface area contributed by atoms with Gasteiger partial charge in [-0.3, -0.25) is 9.52 Å². The molecule has 0 bridgehead atoms. The standard InChI is InChI=1S/C19H18FN3O3S2/c1-13-7-8-14(11-17(13)20)21-18(24)10-9-15-12-27-19(22-15)23-28(25,26)16-5-3-2-4-6-16/h2-8,11-12H,9-10H2,1H3,(H,21,24)(H,22,23). The number of carbonyl (C=O) groups is 1. The molecule has 0 aliphatic rings. The molecule has 0 aliphatic heterocycles. The highest BCUT2D eigenvalue weighted by Gasteiger charge is 2.16. The molecule has 1 aromatic heterocycles. The summed E-state index contributed by atoms with van der Waals surface area (Å²) >= 11 is 1.15. The molecule has 2 aromatic carbocycles. The van der Waals surface area contributed by atoms with E-state index in [0.29, 0.717) is 23.4 Å². The highest BCUT2D eigenvalue weighted by molar-refractivity contribution is 7.93. The van der Waals surface area contributed by atoms with E-state index < -0.39 is 10.0 Å². The Morgan fingerprint density at radius 1 is 1.18 bits per heavy atom. The molecule has 0 unspecified atom stereocenters. The molecule has 3 aromatic rings. The van der Waals surface area contributed by atoms with Crippen molar-refractivity contribution >= 4 is 38.1 Å². The van der Waals surface area contributed by atoms with Crippen molar-refractivity contribution in [1.82, 2.24) is 4.98 Å². The molecular formula is C19H18FN3O3S2. The molecule has 0 radical (unpaired) electrons.